The number of pyridine rings is 1. The van der Waals surface area contributed by atoms with Crippen LogP contribution in [0, 0.1) is 13.8 Å². The second-order valence-corrected chi connectivity index (χ2v) is 7.74. The summed E-state index contributed by atoms with van der Waals surface area (Å²) in [6, 6.07) is 18.4. The third-order valence-electron chi connectivity index (χ3n) is 5.46. The molecule has 29 heavy (non-hydrogen) atoms. The maximum Gasteiger partial charge on any atom is 0.254 e. The molecule has 0 radical (unpaired) electrons. The van der Waals surface area contributed by atoms with E-state index in [2.05, 4.69) is 59.3 Å². The van der Waals surface area contributed by atoms with Gasteiger partial charge in [-0.3, -0.25) is 14.7 Å². The quantitative estimate of drug-likeness (QED) is 0.671. The number of carbonyl (C=O) groups is 1. The fourth-order valence-electron chi connectivity index (χ4n) is 3.85. The minimum atomic E-state index is 0.116. The van der Waals surface area contributed by atoms with Crippen molar-refractivity contribution in [3.05, 3.63) is 83.1 Å². The van der Waals surface area contributed by atoms with Gasteiger partial charge in [-0.1, -0.05) is 54.1 Å². The summed E-state index contributed by atoms with van der Waals surface area (Å²) in [6.45, 7) is 8.22. The average Bonchev–Trinajstić information content (AvgIpc) is 2.74. The molecule has 0 aliphatic carbocycles. The number of rotatable bonds is 4. The molecule has 0 spiro atoms. The van der Waals surface area contributed by atoms with Gasteiger partial charge in [0.05, 0.1) is 11.1 Å². The van der Waals surface area contributed by atoms with Gasteiger partial charge in [-0.25, -0.2) is 0 Å². The minimum absolute atomic E-state index is 0.116. The van der Waals surface area contributed by atoms with Crippen LogP contribution in [-0.2, 0) is 0 Å². The van der Waals surface area contributed by atoms with E-state index in [-0.39, 0.29) is 5.91 Å². The molecule has 4 heteroatoms. The number of nitrogens with zero attached hydrogens (tertiary/aromatic N) is 3. The van der Waals surface area contributed by atoms with Gasteiger partial charge >= 0.3 is 0 Å². The Labute approximate surface area is 172 Å². The topological polar surface area (TPSA) is 36.4 Å². The zero-order chi connectivity index (χ0) is 20.2. The molecule has 1 aliphatic heterocycles. The van der Waals surface area contributed by atoms with Gasteiger partial charge in [0.1, 0.15) is 0 Å². The molecule has 0 N–H and O–H groups in total. The van der Waals surface area contributed by atoms with Gasteiger partial charge in [-0.2, -0.15) is 0 Å². The van der Waals surface area contributed by atoms with E-state index in [1.165, 1.54) is 5.56 Å². The maximum atomic E-state index is 13.2. The lowest BCUT2D eigenvalue weighted by Crippen LogP contribution is -2.48. The van der Waals surface area contributed by atoms with Crippen LogP contribution in [0.4, 0.5) is 0 Å². The third-order valence-corrected chi connectivity index (χ3v) is 5.46. The minimum Gasteiger partial charge on any atom is -0.336 e. The van der Waals surface area contributed by atoms with Gasteiger partial charge in [0.15, 0.2) is 0 Å². The van der Waals surface area contributed by atoms with Crippen LogP contribution in [0.5, 0.6) is 0 Å². The van der Waals surface area contributed by atoms with Crippen molar-refractivity contribution in [3.8, 4) is 0 Å². The van der Waals surface area contributed by atoms with Gasteiger partial charge in [0, 0.05) is 43.8 Å². The second kappa shape index (κ2) is 8.58. The molecule has 1 fully saturated rings. The van der Waals surface area contributed by atoms with E-state index in [0.29, 0.717) is 0 Å². The molecule has 148 valence electrons. The van der Waals surface area contributed by atoms with E-state index in [4.69, 9.17) is 0 Å². The number of hydrogen-bond donors (Lipinski definition) is 0. The van der Waals surface area contributed by atoms with Crippen LogP contribution >= 0.6 is 0 Å². The number of aryl methyl sites for hydroxylation is 2. The van der Waals surface area contributed by atoms with Crippen molar-refractivity contribution < 1.29 is 4.79 Å². The molecule has 0 atom stereocenters. The predicted octanol–water partition coefficient (Wildman–Crippen LogP) is 4.32. The third kappa shape index (κ3) is 4.54. The van der Waals surface area contributed by atoms with Crippen LogP contribution in [-0.4, -0.2) is 53.4 Å². The Morgan fingerprint density at radius 3 is 2.52 bits per heavy atom. The van der Waals surface area contributed by atoms with Gasteiger partial charge in [-0.05, 0) is 37.6 Å². The van der Waals surface area contributed by atoms with E-state index >= 15 is 0 Å². The van der Waals surface area contributed by atoms with E-state index in [1.54, 1.807) is 0 Å². The molecule has 3 aromatic rings. The number of amides is 1. The number of piperazine rings is 1. The average molecular weight is 386 g/mol. The van der Waals surface area contributed by atoms with Gasteiger partial charge in [-0.15, -0.1) is 0 Å². The Hall–Kier alpha value is -2.98. The van der Waals surface area contributed by atoms with Crippen LogP contribution < -0.4 is 0 Å². The fraction of sp³-hybridized carbons (Fsp3) is 0.280. The molecule has 0 bridgehead atoms. The lowest BCUT2D eigenvalue weighted by Gasteiger charge is -2.34. The highest BCUT2D eigenvalue weighted by atomic mass is 16.2. The lowest BCUT2D eigenvalue weighted by atomic mass is 10.0. The number of fused-ring (bicyclic) bond motifs is 1. The summed E-state index contributed by atoms with van der Waals surface area (Å²) in [5.74, 6) is 0.116. The van der Waals surface area contributed by atoms with E-state index in [0.717, 1.165) is 60.4 Å². The first-order valence-electron chi connectivity index (χ1n) is 10.2. The molecular weight excluding hydrogens is 358 g/mol. The highest BCUT2D eigenvalue weighted by molar-refractivity contribution is 6.06. The summed E-state index contributed by atoms with van der Waals surface area (Å²) < 4.78 is 0. The molecule has 1 saturated heterocycles. The summed E-state index contributed by atoms with van der Waals surface area (Å²) in [5.41, 5.74) is 4.91. The SMILES string of the molecule is Cc1ccc2nc(C)cc(C(=O)N3CCN(C/C=C/c4ccccc4)CC3)c2c1. The Morgan fingerprint density at radius 2 is 1.76 bits per heavy atom. The smallest absolute Gasteiger partial charge is 0.254 e. The number of benzene rings is 2. The molecule has 2 heterocycles. The van der Waals surface area contributed by atoms with Crippen molar-refractivity contribution in [2.45, 2.75) is 13.8 Å². The first kappa shape index (κ1) is 19.3. The summed E-state index contributed by atoms with van der Waals surface area (Å²) in [4.78, 5) is 22.2. The van der Waals surface area contributed by atoms with Crippen molar-refractivity contribution >= 4 is 22.9 Å². The Bertz CT molecular complexity index is 1030. The molecule has 0 saturated carbocycles. The zero-order valence-electron chi connectivity index (χ0n) is 17.1. The highest BCUT2D eigenvalue weighted by Crippen LogP contribution is 2.22. The summed E-state index contributed by atoms with van der Waals surface area (Å²) >= 11 is 0. The van der Waals surface area contributed by atoms with E-state index < -0.39 is 0 Å². The van der Waals surface area contributed by atoms with Gasteiger partial charge < -0.3 is 4.90 Å². The van der Waals surface area contributed by atoms with Crippen LogP contribution in [0.3, 0.4) is 0 Å². The van der Waals surface area contributed by atoms with Crippen molar-refractivity contribution in [2.75, 3.05) is 32.7 Å². The first-order valence-corrected chi connectivity index (χ1v) is 10.2. The largest absolute Gasteiger partial charge is 0.336 e. The fourth-order valence-corrected chi connectivity index (χ4v) is 3.85. The van der Waals surface area contributed by atoms with Crippen molar-refractivity contribution in [3.63, 3.8) is 0 Å². The molecular formula is C25H27N3O. The Balaban J connectivity index is 1.41. The van der Waals surface area contributed by atoms with Crippen molar-refractivity contribution in [1.29, 1.82) is 0 Å². The van der Waals surface area contributed by atoms with Crippen molar-refractivity contribution in [1.82, 2.24) is 14.8 Å². The molecule has 4 rings (SSSR count). The van der Waals surface area contributed by atoms with E-state index in [1.807, 2.05) is 36.1 Å². The zero-order valence-corrected chi connectivity index (χ0v) is 17.1. The molecule has 4 nitrogen and oxygen atoms in total. The van der Waals surface area contributed by atoms with E-state index in [9.17, 15) is 4.79 Å². The number of carbonyl (C=O) groups excluding carboxylic acids is 1. The monoisotopic (exact) mass is 385 g/mol. The maximum absolute atomic E-state index is 13.2. The van der Waals surface area contributed by atoms with Crippen LogP contribution in [0.2, 0.25) is 0 Å². The predicted molar refractivity (Wildman–Crippen MR) is 119 cm³/mol. The summed E-state index contributed by atoms with van der Waals surface area (Å²) in [5, 5.41) is 0.953. The summed E-state index contributed by atoms with van der Waals surface area (Å²) in [7, 11) is 0. The first-order chi connectivity index (χ1) is 14.1. The highest BCUT2D eigenvalue weighted by Gasteiger charge is 2.23. The standard InChI is InChI=1S/C25H27N3O/c1-19-10-11-24-22(17-19)23(18-20(2)26-24)25(29)28-15-13-27(14-16-28)12-6-9-21-7-4-3-5-8-21/h3-11,17-18H,12-16H2,1-2H3/b9-6+. The van der Waals surface area contributed by atoms with Crippen LogP contribution in [0.15, 0.2) is 60.7 Å². The molecule has 1 amide bonds. The molecule has 1 aromatic heterocycles. The molecule has 1 aliphatic rings. The Morgan fingerprint density at radius 1 is 1.00 bits per heavy atom. The van der Waals surface area contributed by atoms with Crippen LogP contribution in [0.25, 0.3) is 17.0 Å². The van der Waals surface area contributed by atoms with Gasteiger partial charge in [0.25, 0.3) is 5.91 Å². The number of hydrogen-bond acceptors (Lipinski definition) is 3. The van der Waals surface area contributed by atoms with Crippen molar-refractivity contribution in [2.24, 2.45) is 0 Å². The Kier molecular flexibility index (Phi) is 5.72. The lowest BCUT2D eigenvalue weighted by molar-refractivity contribution is 0.0652. The second-order valence-electron chi connectivity index (χ2n) is 7.74. The normalized spacial score (nSPS) is 15.3. The van der Waals surface area contributed by atoms with Gasteiger partial charge in [0.2, 0.25) is 0 Å². The number of aromatic nitrogens is 1. The molecule has 2 aromatic carbocycles. The van der Waals surface area contributed by atoms with Crippen LogP contribution in [0.1, 0.15) is 27.2 Å². The summed E-state index contributed by atoms with van der Waals surface area (Å²) in [6.07, 6.45) is 4.36. The molecule has 0 unspecified atom stereocenters.